The highest BCUT2D eigenvalue weighted by molar-refractivity contribution is 7.90. The second-order valence-electron chi connectivity index (χ2n) is 9.55. The lowest BCUT2D eigenvalue weighted by Gasteiger charge is -2.28. The van der Waals surface area contributed by atoms with Crippen LogP contribution in [0.4, 0.5) is 4.39 Å². The SMILES string of the molecule is C[C@H](O)C(=O)NS(=O)(=O)c1c(-c2ccccc2)ccc(C(=O)NCCNC(=O)[C@@H](CS)C2CCCCC2)c1F. The molecule has 0 bridgehead atoms. The Hall–Kier alpha value is -2.96. The van der Waals surface area contributed by atoms with E-state index in [0.29, 0.717) is 11.3 Å². The van der Waals surface area contributed by atoms with Crippen molar-refractivity contribution in [3.8, 4) is 11.1 Å². The van der Waals surface area contributed by atoms with Crippen molar-refractivity contribution in [3.63, 3.8) is 0 Å². The summed E-state index contributed by atoms with van der Waals surface area (Å²) in [5.41, 5.74) is -0.280. The first-order valence-corrected chi connectivity index (χ1v) is 15.0. The molecule has 0 saturated heterocycles. The van der Waals surface area contributed by atoms with Gasteiger partial charge < -0.3 is 15.7 Å². The number of benzene rings is 2. The van der Waals surface area contributed by atoms with Gasteiger partial charge in [0, 0.05) is 30.3 Å². The van der Waals surface area contributed by atoms with Crippen LogP contribution in [0.15, 0.2) is 47.4 Å². The Balaban J connectivity index is 1.76. The van der Waals surface area contributed by atoms with Gasteiger partial charge in [-0.1, -0.05) is 55.7 Å². The quantitative estimate of drug-likeness (QED) is 0.205. The number of rotatable bonds is 11. The van der Waals surface area contributed by atoms with E-state index in [1.54, 1.807) is 35.1 Å². The van der Waals surface area contributed by atoms with E-state index in [1.165, 1.54) is 12.5 Å². The van der Waals surface area contributed by atoms with E-state index in [9.17, 15) is 27.9 Å². The van der Waals surface area contributed by atoms with Crippen LogP contribution in [0.3, 0.4) is 0 Å². The maximum atomic E-state index is 15.7. The van der Waals surface area contributed by atoms with Crippen LogP contribution in [-0.4, -0.2) is 56.2 Å². The number of thiol groups is 1. The number of amides is 3. The third kappa shape index (κ3) is 7.80. The number of nitrogens with one attached hydrogen (secondary N) is 3. The normalized spacial score (nSPS) is 15.7. The molecule has 12 heteroatoms. The van der Waals surface area contributed by atoms with E-state index in [4.69, 9.17) is 0 Å². The number of hydrogen-bond donors (Lipinski definition) is 5. The van der Waals surface area contributed by atoms with Gasteiger partial charge in [0.15, 0.2) is 5.82 Å². The van der Waals surface area contributed by atoms with Gasteiger partial charge in [-0.05, 0) is 37.3 Å². The van der Waals surface area contributed by atoms with Crippen LogP contribution in [0.5, 0.6) is 0 Å². The monoisotopic (exact) mass is 579 g/mol. The molecule has 0 radical (unpaired) electrons. The molecule has 3 amide bonds. The number of carbonyl (C=O) groups excluding carboxylic acids is 3. The molecule has 3 rings (SSSR count). The number of carbonyl (C=O) groups is 3. The third-order valence-electron chi connectivity index (χ3n) is 6.77. The predicted molar refractivity (Wildman–Crippen MR) is 148 cm³/mol. The summed E-state index contributed by atoms with van der Waals surface area (Å²) >= 11 is 4.34. The van der Waals surface area contributed by atoms with Crippen LogP contribution in [0, 0.1) is 17.7 Å². The molecular weight excluding hydrogens is 545 g/mol. The van der Waals surface area contributed by atoms with E-state index in [0.717, 1.165) is 38.7 Å². The van der Waals surface area contributed by atoms with Gasteiger partial charge in [-0.2, -0.15) is 12.6 Å². The average molecular weight is 580 g/mol. The van der Waals surface area contributed by atoms with Gasteiger partial charge in [-0.25, -0.2) is 17.5 Å². The van der Waals surface area contributed by atoms with E-state index >= 15 is 4.39 Å². The van der Waals surface area contributed by atoms with Gasteiger partial charge in [0.25, 0.3) is 21.8 Å². The zero-order valence-corrected chi connectivity index (χ0v) is 23.4. The maximum Gasteiger partial charge on any atom is 0.267 e. The number of hydrogen-bond acceptors (Lipinski definition) is 7. The Bertz CT molecular complexity index is 1280. The number of aliphatic hydroxyl groups excluding tert-OH is 1. The predicted octanol–water partition coefficient (Wildman–Crippen LogP) is 2.65. The maximum absolute atomic E-state index is 15.7. The Morgan fingerprint density at radius 3 is 2.26 bits per heavy atom. The van der Waals surface area contributed by atoms with Crippen molar-refractivity contribution in [2.24, 2.45) is 11.8 Å². The minimum atomic E-state index is -4.81. The van der Waals surface area contributed by atoms with Crippen molar-refractivity contribution in [1.82, 2.24) is 15.4 Å². The van der Waals surface area contributed by atoms with E-state index in [2.05, 4.69) is 23.3 Å². The van der Waals surface area contributed by atoms with Gasteiger partial charge in [0.2, 0.25) is 5.91 Å². The Labute approximate surface area is 233 Å². The van der Waals surface area contributed by atoms with Crippen molar-refractivity contribution < 1.29 is 32.3 Å². The zero-order valence-electron chi connectivity index (χ0n) is 21.7. The van der Waals surface area contributed by atoms with Crippen molar-refractivity contribution in [2.75, 3.05) is 18.8 Å². The van der Waals surface area contributed by atoms with Gasteiger partial charge in [-0.15, -0.1) is 0 Å². The molecule has 39 heavy (non-hydrogen) atoms. The third-order valence-corrected chi connectivity index (χ3v) is 8.57. The first-order valence-electron chi connectivity index (χ1n) is 12.9. The van der Waals surface area contributed by atoms with Crippen LogP contribution in [0.25, 0.3) is 11.1 Å². The minimum Gasteiger partial charge on any atom is -0.384 e. The van der Waals surface area contributed by atoms with Crippen molar-refractivity contribution in [3.05, 3.63) is 53.8 Å². The number of sulfonamides is 1. The summed E-state index contributed by atoms with van der Waals surface area (Å²) < 4.78 is 43.4. The second kappa shape index (κ2) is 13.9. The van der Waals surface area contributed by atoms with Gasteiger partial charge in [0.1, 0.15) is 11.0 Å². The first kappa shape index (κ1) is 30.6. The summed E-state index contributed by atoms with van der Waals surface area (Å²) in [7, 11) is -4.81. The number of aliphatic hydroxyl groups is 1. The summed E-state index contributed by atoms with van der Waals surface area (Å²) in [5, 5.41) is 14.7. The standard InChI is InChI=1S/C27H34FN3O6S2/c1-17(32)25(33)31-39(36,37)24-20(18-8-4-2-5-9-18)12-13-21(23(24)28)26(34)29-14-15-30-27(35)22(16-38)19-10-6-3-7-11-19/h2,4-5,8-9,12-13,17,19,22,32,38H,3,6-7,10-11,14-16H2,1H3,(H,29,34)(H,30,35)(H,31,33)/t17-,22-/m0/s1. The molecule has 2 atom stereocenters. The lowest BCUT2D eigenvalue weighted by molar-refractivity contribution is -0.127. The smallest absolute Gasteiger partial charge is 0.267 e. The average Bonchev–Trinajstić information content (AvgIpc) is 2.91. The van der Waals surface area contributed by atoms with Gasteiger partial charge in [-0.3, -0.25) is 14.4 Å². The fraction of sp³-hybridized carbons (Fsp3) is 0.444. The first-order chi connectivity index (χ1) is 18.6. The number of halogens is 1. The fourth-order valence-corrected chi connectivity index (χ4v) is 6.50. The largest absolute Gasteiger partial charge is 0.384 e. The molecule has 1 aliphatic carbocycles. The fourth-order valence-electron chi connectivity index (χ4n) is 4.68. The van der Waals surface area contributed by atoms with Gasteiger partial charge >= 0.3 is 0 Å². The highest BCUT2D eigenvalue weighted by atomic mass is 32.2. The molecule has 0 aromatic heterocycles. The van der Waals surface area contributed by atoms with Crippen LogP contribution < -0.4 is 15.4 Å². The Morgan fingerprint density at radius 2 is 1.64 bits per heavy atom. The minimum absolute atomic E-state index is 0.0186. The topological polar surface area (TPSA) is 142 Å². The van der Waals surface area contributed by atoms with Crippen molar-refractivity contribution >= 4 is 40.4 Å². The molecule has 4 N–H and O–H groups in total. The van der Waals surface area contributed by atoms with Crippen LogP contribution >= 0.6 is 12.6 Å². The lowest BCUT2D eigenvalue weighted by Crippen LogP contribution is -2.41. The van der Waals surface area contributed by atoms with Gasteiger partial charge in [0.05, 0.1) is 5.56 Å². The van der Waals surface area contributed by atoms with Crippen molar-refractivity contribution in [1.29, 1.82) is 0 Å². The highest BCUT2D eigenvalue weighted by Gasteiger charge is 2.31. The zero-order chi connectivity index (χ0) is 28.6. The molecule has 1 fully saturated rings. The van der Waals surface area contributed by atoms with E-state index < -0.39 is 44.2 Å². The molecule has 212 valence electrons. The molecule has 1 saturated carbocycles. The summed E-state index contributed by atoms with van der Waals surface area (Å²) in [6, 6.07) is 10.5. The Morgan fingerprint density at radius 1 is 1.00 bits per heavy atom. The van der Waals surface area contributed by atoms with E-state index in [1.807, 2.05) is 0 Å². The molecule has 2 aromatic rings. The Kier molecular flexibility index (Phi) is 10.9. The van der Waals surface area contributed by atoms with Crippen molar-refractivity contribution in [2.45, 2.75) is 50.0 Å². The van der Waals surface area contributed by atoms with E-state index in [-0.39, 0.29) is 36.4 Å². The molecule has 0 heterocycles. The molecule has 0 unspecified atom stereocenters. The summed E-state index contributed by atoms with van der Waals surface area (Å²) in [6.45, 7) is 1.14. The molecule has 9 nitrogen and oxygen atoms in total. The molecule has 2 aromatic carbocycles. The molecule has 0 spiro atoms. The molecular formula is C27H34FN3O6S2. The van der Waals surface area contributed by atoms with Crippen LogP contribution in [-0.2, 0) is 19.6 Å². The highest BCUT2D eigenvalue weighted by Crippen LogP contribution is 2.32. The molecule has 0 aliphatic heterocycles. The van der Waals surface area contributed by atoms with Crippen LogP contribution in [0.2, 0.25) is 0 Å². The van der Waals surface area contributed by atoms with Crippen LogP contribution in [0.1, 0.15) is 49.4 Å². The summed E-state index contributed by atoms with van der Waals surface area (Å²) in [6.07, 6.45) is 3.65. The second-order valence-corrected chi connectivity index (χ2v) is 11.5. The lowest BCUT2D eigenvalue weighted by atomic mass is 9.80. The molecule has 1 aliphatic rings. The summed E-state index contributed by atoms with van der Waals surface area (Å²) in [4.78, 5) is 36.5. The summed E-state index contributed by atoms with van der Waals surface area (Å²) in [5.74, 6) is -3.16.